The van der Waals surface area contributed by atoms with Gasteiger partial charge in [0.2, 0.25) is 10.0 Å². The number of carboxylic acid groups (broad SMARTS) is 1. The molecule has 0 amide bonds. The number of nitrogens with one attached hydrogen (secondary N) is 1. The first-order valence-corrected chi connectivity index (χ1v) is 10.6. The van der Waals surface area contributed by atoms with Crippen LogP contribution in [0.1, 0.15) is 12.8 Å². The number of rotatable bonds is 6. The summed E-state index contributed by atoms with van der Waals surface area (Å²) in [5, 5.41) is 26.1. The third-order valence-electron chi connectivity index (χ3n) is 4.83. The monoisotopic (exact) mass is 469 g/mol. The number of aliphatic hydroxyl groups excluding tert-OH is 2. The topological polar surface area (TPSA) is 142 Å². The van der Waals surface area contributed by atoms with E-state index in [0.29, 0.717) is 12.1 Å². The molecule has 3 atom stereocenters. The Morgan fingerprint density at radius 2 is 1.83 bits per heavy atom. The largest absolute Gasteiger partial charge is 0.478 e. The van der Waals surface area contributed by atoms with Gasteiger partial charge in [0.25, 0.3) is 0 Å². The average molecular weight is 470 g/mol. The van der Waals surface area contributed by atoms with Gasteiger partial charge in [-0.25, -0.2) is 22.0 Å². The van der Waals surface area contributed by atoms with Gasteiger partial charge in [0, 0.05) is 12.5 Å². The van der Waals surface area contributed by atoms with Crippen LogP contribution in [0.3, 0.4) is 0 Å². The molecular weight excluding hydrogens is 452 g/mol. The van der Waals surface area contributed by atoms with Gasteiger partial charge in [-0.2, -0.15) is 0 Å². The van der Waals surface area contributed by atoms with Gasteiger partial charge in [0.15, 0.2) is 11.6 Å². The van der Waals surface area contributed by atoms with Crippen LogP contribution in [0.15, 0.2) is 23.8 Å². The van der Waals surface area contributed by atoms with Crippen LogP contribution >= 0.6 is 11.6 Å². The fourth-order valence-corrected chi connectivity index (χ4v) is 5.32. The molecule has 1 aliphatic carbocycles. The Bertz CT molecular complexity index is 951. The van der Waals surface area contributed by atoms with Crippen LogP contribution in [0.5, 0.6) is 0 Å². The van der Waals surface area contributed by atoms with Crippen LogP contribution in [-0.4, -0.2) is 66.2 Å². The molecule has 13 heteroatoms. The predicted molar refractivity (Wildman–Crippen MR) is 99.3 cm³/mol. The molecule has 1 spiro atoms. The molecule has 166 valence electrons. The van der Waals surface area contributed by atoms with Crippen LogP contribution in [0.25, 0.3) is 0 Å². The zero-order valence-electron chi connectivity index (χ0n) is 15.2. The number of sulfonamides is 1. The molecule has 1 heterocycles. The summed E-state index contributed by atoms with van der Waals surface area (Å²) < 4.78 is 65.8. The quantitative estimate of drug-likeness (QED) is 0.483. The second-order valence-corrected chi connectivity index (χ2v) is 9.08. The number of ether oxygens (including phenoxy) is 2. The van der Waals surface area contributed by atoms with Crippen LogP contribution in [-0.2, 0) is 24.3 Å². The minimum atomic E-state index is -4.53. The Morgan fingerprint density at radius 1 is 1.23 bits per heavy atom. The van der Waals surface area contributed by atoms with Crippen molar-refractivity contribution in [3.05, 3.63) is 40.4 Å². The summed E-state index contributed by atoms with van der Waals surface area (Å²) in [4.78, 5) is 11.8. The molecule has 1 saturated heterocycles. The fourth-order valence-electron chi connectivity index (χ4n) is 3.45. The summed E-state index contributed by atoms with van der Waals surface area (Å²) in [6.45, 7) is -1.01. The van der Waals surface area contributed by atoms with Gasteiger partial charge in [0.1, 0.15) is 29.0 Å². The molecule has 3 rings (SSSR count). The highest BCUT2D eigenvalue weighted by Gasteiger charge is 2.51. The summed E-state index contributed by atoms with van der Waals surface area (Å²) in [6.07, 6.45) is -1.32. The van der Waals surface area contributed by atoms with E-state index in [0.717, 1.165) is 6.08 Å². The van der Waals surface area contributed by atoms with E-state index >= 15 is 0 Å². The first-order valence-electron chi connectivity index (χ1n) is 8.71. The molecule has 1 aliphatic heterocycles. The van der Waals surface area contributed by atoms with Gasteiger partial charge in [-0.3, -0.25) is 4.72 Å². The lowest BCUT2D eigenvalue weighted by molar-refractivity contribution is -0.153. The van der Waals surface area contributed by atoms with E-state index < -0.39 is 80.4 Å². The third kappa shape index (κ3) is 4.29. The zero-order chi connectivity index (χ0) is 22.3. The maximum absolute atomic E-state index is 14.0. The van der Waals surface area contributed by atoms with Gasteiger partial charge in [0.05, 0.1) is 23.8 Å². The Labute approximate surface area is 174 Å². The first kappa shape index (κ1) is 22.8. The van der Waals surface area contributed by atoms with Crippen molar-refractivity contribution >= 4 is 33.3 Å². The molecule has 9 nitrogen and oxygen atoms in total. The SMILES string of the molecule is O=C(O)C1=CC2(CCC1S(=O)(=O)Nc1c(F)cc(F)cc1Cl)O[C@H](CO)[C@@H](CO)O2. The van der Waals surface area contributed by atoms with Crippen molar-refractivity contribution < 1.29 is 46.8 Å². The second-order valence-electron chi connectivity index (χ2n) is 6.81. The number of carboxylic acids is 1. The minimum absolute atomic E-state index is 0.123. The molecule has 0 saturated carbocycles. The van der Waals surface area contributed by atoms with E-state index in [2.05, 4.69) is 0 Å². The Morgan fingerprint density at radius 3 is 2.33 bits per heavy atom. The third-order valence-corrected chi connectivity index (χ3v) is 6.85. The molecule has 2 aliphatic rings. The minimum Gasteiger partial charge on any atom is -0.478 e. The van der Waals surface area contributed by atoms with Crippen molar-refractivity contribution in [3.63, 3.8) is 0 Å². The predicted octanol–water partition coefficient (Wildman–Crippen LogP) is 0.998. The Kier molecular flexibility index (Phi) is 6.37. The number of benzene rings is 1. The first-order chi connectivity index (χ1) is 14.0. The molecule has 0 bridgehead atoms. The highest BCUT2D eigenvalue weighted by atomic mass is 35.5. The summed E-state index contributed by atoms with van der Waals surface area (Å²) in [5.74, 6) is -5.51. The van der Waals surface area contributed by atoms with Crippen molar-refractivity contribution in [3.8, 4) is 0 Å². The van der Waals surface area contributed by atoms with Gasteiger partial charge in [-0.15, -0.1) is 0 Å². The van der Waals surface area contributed by atoms with Crippen molar-refractivity contribution in [2.24, 2.45) is 0 Å². The summed E-state index contributed by atoms with van der Waals surface area (Å²) in [7, 11) is -4.53. The van der Waals surface area contributed by atoms with Crippen molar-refractivity contribution in [2.75, 3.05) is 17.9 Å². The lowest BCUT2D eigenvalue weighted by Crippen LogP contribution is -2.42. The molecular formula is C17H18ClF2NO8S. The van der Waals surface area contributed by atoms with Gasteiger partial charge in [-0.05, 0) is 18.6 Å². The second kappa shape index (κ2) is 8.36. The molecule has 1 unspecified atom stereocenters. The van der Waals surface area contributed by atoms with E-state index in [1.165, 1.54) is 0 Å². The maximum atomic E-state index is 14.0. The molecule has 0 radical (unpaired) electrons. The number of anilines is 1. The van der Waals surface area contributed by atoms with Crippen LogP contribution in [0.2, 0.25) is 5.02 Å². The highest BCUT2D eigenvalue weighted by Crippen LogP contribution is 2.41. The number of hydrogen-bond donors (Lipinski definition) is 4. The number of carbonyl (C=O) groups is 1. The normalized spacial score (nSPS) is 25.9. The molecule has 0 aromatic heterocycles. The van der Waals surface area contributed by atoms with E-state index in [4.69, 9.17) is 21.1 Å². The Hall–Kier alpha value is -1.83. The molecule has 1 fully saturated rings. The summed E-state index contributed by atoms with van der Waals surface area (Å²) in [5.41, 5.74) is -1.32. The van der Waals surface area contributed by atoms with Crippen molar-refractivity contribution in [1.82, 2.24) is 0 Å². The number of halogens is 3. The van der Waals surface area contributed by atoms with E-state index in [1.807, 2.05) is 4.72 Å². The zero-order valence-corrected chi connectivity index (χ0v) is 16.8. The summed E-state index contributed by atoms with van der Waals surface area (Å²) >= 11 is 5.72. The maximum Gasteiger partial charge on any atom is 0.332 e. The smallest absolute Gasteiger partial charge is 0.332 e. The van der Waals surface area contributed by atoms with Crippen molar-refractivity contribution in [2.45, 2.75) is 36.1 Å². The van der Waals surface area contributed by atoms with Gasteiger partial charge >= 0.3 is 5.97 Å². The van der Waals surface area contributed by atoms with E-state index in [9.17, 15) is 37.3 Å². The van der Waals surface area contributed by atoms with Gasteiger partial charge in [-0.1, -0.05) is 11.6 Å². The van der Waals surface area contributed by atoms with Crippen LogP contribution in [0.4, 0.5) is 14.5 Å². The average Bonchev–Trinajstić information content (AvgIpc) is 3.01. The molecule has 4 N–H and O–H groups in total. The lowest BCUT2D eigenvalue weighted by atomic mass is 9.94. The van der Waals surface area contributed by atoms with E-state index in [1.54, 1.807) is 0 Å². The summed E-state index contributed by atoms with van der Waals surface area (Å²) in [6, 6.07) is 1.13. The standard InChI is InChI=1S/C17H18ClF2NO8S/c18-10-3-8(19)4-11(20)15(10)21-30(26,27)14-1-2-17(5-9(14)16(24)25)28-12(6-22)13(7-23)29-17/h3-5,12-14,21-23H,1-2,6-7H2,(H,24,25)/t12-,13-,14?/m1/s1. The molecule has 30 heavy (non-hydrogen) atoms. The fraction of sp³-hybridized carbons (Fsp3) is 0.471. The molecule has 1 aromatic rings. The Balaban J connectivity index is 1.94. The highest BCUT2D eigenvalue weighted by molar-refractivity contribution is 7.93. The number of hydrogen-bond acceptors (Lipinski definition) is 7. The van der Waals surface area contributed by atoms with Gasteiger partial charge < -0.3 is 24.8 Å². The van der Waals surface area contributed by atoms with Crippen LogP contribution in [0, 0.1) is 11.6 Å². The number of aliphatic hydroxyl groups is 2. The van der Waals surface area contributed by atoms with E-state index in [-0.39, 0.29) is 12.8 Å². The number of aliphatic carboxylic acids is 1. The van der Waals surface area contributed by atoms with Crippen LogP contribution < -0.4 is 4.72 Å². The lowest BCUT2D eigenvalue weighted by Gasteiger charge is -2.33. The van der Waals surface area contributed by atoms with Crippen molar-refractivity contribution in [1.29, 1.82) is 0 Å². The molecule has 1 aromatic carbocycles.